The van der Waals surface area contributed by atoms with Gasteiger partial charge in [0.25, 0.3) is 10.0 Å². The standard InChI is InChI=1S/C13H13F2N3O4S/c1-2-22-13(19)10-7-16-18-12(10)23(20,21)17-6-8-3-4-9(14)5-11(8)15/h3-5,7,17H,2,6H2,1H3,(H,16,18). The first kappa shape index (κ1) is 17.0. The Morgan fingerprint density at radius 3 is 2.78 bits per heavy atom. The molecule has 0 unspecified atom stereocenters. The lowest BCUT2D eigenvalue weighted by molar-refractivity contribution is 0.0522. The van der Waals surface area contributed by atoms with Gasteiger partial charge in [-0.05, 0) is 13.0 Å². The molecule has 2 N–H and O–H groups in total. The Balaban J connectivity index is 2.20. The van der Waals surface area contributed by atoms with Crippen LogP contribution in [0.4, 0.5) is 8.78 Å². The summed E-state index contributed by atoms with van der Waals surface area (Å²) in [6.45, 7) is 1.22. The van der Waals surface area contributed by atoms with E-state index < -0.39 is 39.2 Å². The largest absolute Gasteiger partial charge is 0.462 e. The molecule has 23 heavy (non-hydrogen) atoms. The van der Waals surface area contributed by atoms with Crippen LogP contribution in [0.2, 0.25) is 0 Å². The summed E-state index contributed by atoms with van der Waals surface area (Å²) in [6.07, 6.45) is 1.02. The molecule has 1 aromatic heterocycles. The zero-order valence-corrected chi connectivity index (χ0v) is 12.8. The fraction of sp³-hybridized carbons (Fsp3) is 0.231. The first-order valence-corrected chi connectivity index (χ1v) is 7.97. The van der Waals surface area contributed by atoms with Crippen LogP contribution in [-0.2, 0) is 21.3 Å². The number of hydrogen-bond acceptors (Lipinski definition) is 5. The van der Waals surface area contributed by atoms with E-state index >= 15 is 0 Å². The van der Waals surface area contributed by atoms with E-state index in [1.807, 2.05) is 0 Å². The third-order valence-electron chi connectivity index (χ3n) is 2.84. The molecular formula is C13H13F2N3O4S. The number of ether oxygens (including phenoxy) is 1. The molecular weight excluding hydrogens is 332 g/mol. The second kappa shape index (κ2) is 6.84. The van der Waals surface area contributed by atoms with E-state index in [-0.39, 0.29) is 17.7 Å². The minimum atomic E-state index is -4.17. The van der Waals surface area contributed by atoms with Crippen LogP contribution in [0.5, 0.6) is 0 Å². The second-order valence-electron chi connectivity index (χ2n) is 4.39. The molecule has 0 fully saturated rings. The molecule has 0 aliphatic rings. The number of nitrogens with zero attached hydrogens (tertiary/aromatic N) is 1. The zero-order chi connectivity index (χ0) is 17.0. The van der Waals surface area contributed by atoms with Gasteiger partial charge in [-0.2, -0.15) is 5.10 Å². The molecule has 7 nitrogen and oxygen atoms in total. The van der Waals surface area contributed by atoms with Gasteiger partial charge < -0.3 is 4.74 Å². The highest BCUT2D eigenvalue weighted by molar-refractivity contribution is 7.89. The van der Waals surface area contributed by atoms with Gasteiger partial charge in [0.05, 0.1) is 12.8 Å². The van der Waals surface area contributed by atoms with Crippen molar-refractivity contribution in [3.8, 4) is 0 Å². The minimum absolute atomic E-state index is 0.0489. The van der Waals surface area contributed by atoms with Crippen molar-refractivity contribution in [2.24, 2.45) is 0 Å². The number of aromatic amines is 1. The zero-order valence-electron chi connectivity index (χ0n) is 12.0. The number of carbonyl (C=O) groups is 1. The Hall–Kier alpha value is -2.33. The minimum Gasteiger partial charge on any atom is -0.462 e. The van der Waals surface area contributed by atoms with Crippen LogP contribution in [0, 0.1) is 11.6 Å². The van der Waals surface area contributed by atoms with Gasteiger partial charge in [-0.1, -0.05) is 6.07 Å². The predicted molar refractivity (Wildman–Crippen MR) is 74.9 cm³/mol. The molecule has 0 amide bonds. The van der Waals surface area contributed by atoms with Gasteiger partial charge >= 0.3 is 5.97 Å². The van der Waals surface area contributed by atoms with E-state index in [1.54, 1.807) is 6.92 Å². The number of benzene rings is 1. The molecule has 0 saturated carbocycles. The summed E-state index contributed by atoms with van der Waals surface area (Å²) in [7, 11) is -4.17. The molecule has 1 aromatic carbocycles. The van der Waals surface area contributed by atoms with Gasteiger partial charge in [0.2, 0.25) is 0 Å². The number of nitrogens with one attached hydrogen (secondary N) is 2. The number of rotatable bonds is 6. The highest BCUT2D eigenvalue weighted by Gasteiger charge is 2.25. The summed E-state index contributed by atoms with van der Waals surface area (Å²) < 4.78 is 57.5. The van der Waals surface area contributed by atoms with E-state index in [1.165, 1.54) is 0 Å². The molecule has 0 aliphatic carbocycles. The molecule has 0 radical (unpaired) electrons. The SMILES string of the molecule is CCOC(=O)c1cn[nH]c1S(=O)(=O)NCc1ccc(F)cc1F. The molecule has 0 spiro atoms. The number of sulfonamides is 1. The number of carbonyl (C=O) groups excluding carboxylic acids is 1. The molecule has 0 saturated heterocycles. The van der Waals surface area contributed by atoms with Crippen molar-refractivity contribution in [2.45, 2.75) is 18.5 Å². The Labute approximate surface area is 130 Å². The fourth-order valence-electron chi connectivity index (χ4n) is 1.74. The van der Waals surface area contributed by atoms with Gasteiger partial charge in [0.1, 0.15) is 17.2 Å². The number of hydrogen-bond donors (Lipinski definition) is 2. The fourth-order valence-corrected chi connectivity index (χ4v) is 2.83. The van der Waals surface area contributed by atoms with Crippen LogP contribution < -0.4 is 4.72 Å². The number of aromatic nitrogens is 2. The molecule has 2 rings (SSSR count). The maximum absolute atomic E-state index is 13.5. The van der Waals surface area contributed by atoms with Crippen LogP contribution in [0.15, 0.2) is 29.4 Å². The third kappa shape index (κ3) is 3.90. The van der Waals surface area contributed by atoms with Crippen molar-refractivity contribution < 1.29 is 26.7 Å². The normalized spacial score (nSPS) is 11.4. The Morgan fingerprint density at radius 1 is 1.39 bits per heavy atom. The predicted octanol–water partition coefficient (Wildman–Crippen LogP) is 1.34. The van der Waals surface area contributed by atoms with Crippen molar-refractivity contribution in [3.05, 3.63) is 47.2 Å². The molecule has 10 heteroatoms. The lowest BCUT2D eigenvalue weighted by Gasteiger charge is -2.08. The highest BCUT2D eigenvalue weighted by Crippen LogP contribution is 2.15. The Kier molecular flexibility index (Phi) is 5.06. The molecule has 0 bridgehead atoms. The summed E-state index contributed by atoms with van der Waals surface area (Å²) in [5, 5.41) is 5.21. The summed E-state index contributed by atoms with van der Waals surface area (Å²) in [6, 6.07) is 2.77. The van der Waals surface area contributed by atoms with Gasteiger partial charge in [0.15, 0.2) is 5.03 Å². The van der Waals surface area contributed by atoms with Crippen LogP contribution in [0.3, 0.4) is 0 Å². The summed E-state index contributed by atoms with van der Waals surface area (Å²) in [5.74, 6) is -2.51. The van der Waals surface area contributed by atoms with Crippen molar-refractivity contribution >= 4 is 16.0 Å². The van der Waals surface area contributed by atoms with E-state index in [0.29, 0.717) is 6.07 Å². The van der Waals surface area contributed by atoms with Gasteiger partial charge in [-0.25, -0.2) is 26.7 Å². The van der Waals surface area contributed by atoms with Crippen molar-refractivity contribution in [1.82, 2.24) is 14.9 Å². The maximum Gasteiger partial charge on any atom is 0.342 e. The van der Waals surface area contributed by atoms with E-state index in [9.17, 15) is 22.0 Å². The van der Waals surface area contributed by atoms with E-state index in [2.05, 4.69) is 14.9 Å². The van der Waals surface area contributed by atoms with Crippen molar-refractivity contribution in [1.29, 1.82) is 0 Å². The van der Waals surface area contributed by atoms with Gasteiger partial charge in [-0.15, -0.1) is 0 Å². The molecule has 0 aliphatic heterocycles. The first-order valence-electron chi connectivity index (χ1n) is 6.49. The Morgan fingerprint density at radius 2 is 2.13 bits per heavy atom. The highest BCUT2D eigenvalue weighted by atomic mass is 32.2. The summed E-state index contributed by atoms with van der Waals surface area (Å²) in [4.78, 5) is 11.7. The molecule has 0 atom stereocenters. The monoisotopic (exact) mass is 345 g/mol. The van der Waals surface area contributed by atoms with Crippen LogP contribution in [-0.4, -0.2) is 31.2 Å². The topological polar surface area (TPSA) is 101 Å². The van der Waals surface area contributed by atoms with Crippen LogP contribution in [0.25, 0.3) is 0 Å². The van der Waals surface area contributed by atoms with Crippen molar-refractivity contribution in [2.75, 3.05) is 6.61 Å². The number of H-pyrrole nitrogens is 1. The smallest absolute Gasteiger partial charge is 0.342 e. The van der Waals surface area contributed by atoms with E-state index in [0.717, 1.165) is 18.3 Å². The van der Waals surface area contributed by atoms with Crippen molar-refractivity contribution in [3.63, 3.8) is 0 Å². The lowest BCUT2D eigenvalue weighted by atomic mass is 10.2. The maximum atomic E-state index is 13.5. The van der Waals surface area contributed by atoms with E-state index in [4.69, 9.17) is 4.74 Å². The third-order valence-corrected chi connectivity index (χ3v) is 4.21. The van der Waals surface area contributed by atoms with Crippen LogP contribution >= 0.6 is 0 Å². The summed E-state index contributed by atoms with van der Waals surface area (Å²) >= 11 is 0. The lowest BCUT2D eigenvalue weighted by Crippen LogP contribution is -2.26. The Bertz CT molecular complexity index is 820. The quantitative estimate of drug-likeness (QED) is 0.770. The molecule has 1 heterocycles. The first-order chi connectivity index (χ1) is 10.8. The number of halogens is 2. The van der Waals surface area contributed by atoms with Gasteiger partial charge in [0, 0.05) is 18.2 Å². The average molecular weight is 345 g/mol. The summed E-state index contributed by atoms with van der Waals surface area (Å²) in [5.41, 5.74) is -0.314. The average Bonchev–Trinajstić information content (AvgIpc) is 2.97. The second-order valence-corrected chi connectivity index (χ2v) is 6.10. The van der Waals surface area contributed by atoms with Crippen LogP contribution in [0.1, 0.15) is 22.8 Å². The molecule has 124 valence electrons. The number of esters is 1. The molecule has 2 aromatic rings. The van der Waals surface area contributed by atoms with Gasteiger partial charge in [-0.3, -0.25) is 5.10 Å².